The minimum Gasteiger partial charge on any atom is -0.444 e. The first kappa shape index (κ1) is 19.4. The maximum atomic E-state index is 12.2. The van der Waals surface area contributed by atoms with Crippen molar-refractivity contribution in [1.29, 1.82) is 0 Å². The number of carbonyl (C=O) groups is 1. The van der Waals surface area contributed by atoms with Crippen LogP contribution in [0.25, 0.3) is 11.3 Å². The zero-order chi connectivity index (χ0) is 19.6. The molecular formula is C20H25ClN4O2. The molecule has 0 spiro atoms. The fourth-order valence-corrected chi connectivity index (χ4v) is 3.06. The number of amides is 1. The highest BCUT2D eigenvalue weighted by molar-refractivity contribution is 6.28. The van der Waals surface area contributed by atoms with Crippen molar-refractivity contribution in [1.82, 2.24) is 14.9 Å². The molecule has 0 N–H and O–H groups in total. The molecule has 0 unspecified atom stereocenters. The van der Waals surface area contributed by atoms with Gasteiger partial charge in [-0.15, -0.1) is 0 Å². The van der Waals surface area contributed by atoms with Crippen LogP contribution in [0.4, 0.5) is 10.6 Å². The van der Waals surface area contributed by atoms with Crippen LogP contribution >= 0.6 is 11.6 Å². The molecular weight excluding hydrogens is 364 g/mol. The summed E-state index contributed by atoms with van der Waals surface area (Å²) < 4.78 is 5.45. The maximum absolute atomic E-state index is 12.2. The van der Waals surface area contributed by atoms with Crippen LogP contribution in [0.5, 0.6) is 0 Å². The summed E-state index contributed by atoms with van der Waals surface area (Å²) in [5.41, 5.74) is 2.49. The van der Waals surface area contributed by atoms with Crippen molar-refractivity contribution in [3.05, 3.63) is 41.2 Å². The zero-order valence-corrected chi connectivity index (χ0v) is 17.0. The number of rotatable bonds is 2. The first-order chi connectivity index (χ1) is 12.7. The molecule has 0 bridgehead atoms. The van der Waals surface area contributed by atoms with Gasteiger partial charge in [0, 0.05) is 37.8 Å². The summed E-state index contributed by atoms with van der Waals surface area (Å²) in [6.07, 6.45) is -0.275. The molecule has 7 heteroatoms. The first-order valence-corrected chi connectivity index (χ1v) is 9.43. The second-order valence-corrected chi connectivity index (χ2v) is 8.04. The Morgan fingerprint density at radius 3 is 2.30 bits per heavy atom. The average Bonchev–Trinajstić information content (AvgIpc) is 2.60. The molecule has 0 saturated carbocycles. The topological polar surface area (TPSA) is 58.6 Å². The van der Waals surface area contributed by atoms with Gasteiger partial charge in [0.15, 0.2) is 0 Å². The lowest BCUT2D eigenvalue weighted by Crippen LogP contribution is -2.50. The van der Waals surface area contributed by atoms with E-state index in [-0.39, 0.29) is 11.4 Å². The molecule has 0 atom stereocenters. The summed E-state index contributed by atoms with van der Waals surface area (Å²) >= 11 is 6.17. The number of benzene rings is 1. The Balaban J connectivity index is 1.71. The number of anilines is 1. The third-order valence-corrected chi connectivity index (χ3v) is 4.46. The highest BCUT2D eigenvalue weighted by Crippen LogP contribution is 2.25. The lowest BCUT2D eigenvalue weighted by Gasteiger charge is -2.36. The molecule has 1 fully saturated rings. The van der Waals surface area contributed by atoms with Gasteiger partial charge in [0.25, 0.3) is 0 Å². The van der Waals surface area contributed by atoms with Crippen molar-refractivity contribution < 1.29 is 9.53 Å². The normalized spacial score (nSPS) is 15.0. The Labute approximate surface area is 165 Å². The van der Waals surface area contributed by atoms with E-state index in [0.717, 1.165) is 17.1 Å². The lowest BCUT2D eigenvalue weighted by atomic mass is 10.1. The summed E-state index contributed by atoms with van der Waals surface area (Å²) in [5.74, 6) is 0.773. The van der Waals surface area contributed by atoms with Crippen molar-refractivity contribution >= 4 is 23.5 Å². The van der Waals surface area contributed by atoms with Crippen LogP contribution in [0.2, 0.25) is 5.28 Å². The Morgan fingerprint density at radius 2 is 1.70 bits per heavy atom. The van der Waals surface area contributed by atoms with Crippen LogP contribution in [0, 0.1) is 6.92 Å². The molecule has 3 rings (SSSR count). The van der Waals surface area contributed by atoms with Crippen molar-refractivity contribution in [3.8, 4) is 11.3 Å². The van der Waals surface area contributed by atoms with Gasteiger partial charge < -0.3 is 14.5 Å². The van der Waals surface area contributed by atoms with Gasteiger partial charge in [-0.2, -0.15) is 0 Å². The molecule has 1 aromatic carbocycles. The second kappa shape index (κ2) is 7.72. The smallest absolute Gasteiger partial charge is 0.410 e. The molecule has 0 aliphatic carbocycles. The van der Waals surface area contributed by atoms with E-state index in [9.17, 15) is 4.79 Å². The number of hydrogen-bond acceptors (Lipinski definition) is 5. The number of halogens is 1. The van der Waals surface area contributed by atoms with Crippen molar-refractivity contribution in [3.63, 3.8) is 0 Å². The fourth-order valence-electron chi connectivity index (χ4n) is 2.88. The number of aryl methyl sites for hydroxylation is 1. The minimum atomic E-state index is -0.489. The molecule has 27 heavy (non-hydrogen) atoms. The number of aromatic nitrogens is 2. The Bertz CT molecular complexity index is 810. The molecule has 6 nitrogen and oxygen atoms in total. The maximum Gasteiger partial charge on any atom is 0.410 e. The molecule has 0 radical (unpaired) electrons. The molecule has 1 aliphatic heterocycles. The predicted molar refractivity (Wildman–Crippen MR) is 107 cm³/mol. The average molecular weight is 389 g/mol. The van der Waals surface area contributed by atoms with Gasteiger partial charge in [-0.25, -0.2) is 14.8 Å². The Morgan fingerprint density at radius 1 is 1.07 bits per heavy atom. The van der Waals surface area contributed by atoms with E-state index >= 15 is 0 Å². The zero-order valence-electron chi connectivity index (χ0n) is 16.2. The van der Waals surface area contributed by atoms with Crippen molar-refractivity contribution in [2.24, 2.45) is 0 Å². The van der Waals surface area contributed by atoms with Gasteiger partial charge in [0.2, 0.25) is 5.28 Å². The number of carbonyl (C=O) groups excluding carboxylic acids is 1. The highest BCUT2D eigenvalue weighted by Gasteiger charge is 2.26. The number of nitrogens with zero attached hydrogens (tertiary/aromatic N) is 4. The summed E-state index contributed by atoms with van der Waals surface area (Å²) in [5, 5.41) is 0.220. The van der Waals surface area contributed by atoms with E-state index in [2.05, 4.69) is 14.9 Å². The monoisotopic (exact) mass is 388 g/mol. The Kier molecular flexibility index (Phi) is 5.56. The summed E-state index contributed by atoms with van der Waals surface area (Å²) in [7, 11) is 0. The summed E-state index contributed by atoms with van der Waals surface area (Å²) in [6, 6.07) is 10.1. The molecule has 144 valence electrons. The third kappa shape index (κ3) is 5.10. The predicted octanol–water partition coefficient (Wildman–Crippen LogP) is 4.16. The van der Waals surface area contributed by atoms with Crippen LogP contribution in [0.15, 0.2) is 30.3 Å². The van der Waals surface area contributed by atoms with E-state index in [1.54, 1.807) is 4.90 Å². The van der Waals surface area contributed by atoms with Gasteiger partial charge in [-0.1, -0.05) is 29.8 Å². The minimum absolute atomic E-state index is 0.220. The molecule has 1 aromatic heterocycles. The number of ether oxygens (including phenoxy) is 1. The molecule has 1 amide bonds. The van der Waals surface area contributed by atoms with E-state index in [4.69, 9.17) is 16.3 Å². The molecule has 2 heterocycles. The van der Waals surface area contributed by atoms with Crippen LogP contribution in [-0.2, 0) is 4.74 Å². The Hall–Kier alpha value is -2.34. The van der Waals surface area contributed by atoms with Gasteiger partial charge in [-0.05, 0) is 39.3 Å². The van der Waals surface area contributed by atoms with Crippen LogP contribution < -0.4 is 4.90 Å². The van der Waals surface area contributed by atoms with Gasteiger partial charge in [0.1, 0.15) is 11.4 Å². The van der Waals surface area contributed by atoms with E-state index in [1.165, 1.54) is 5.56 Å². The fraction of sp³-hybridized carbons (Fsp3) is 0.450. The third-order valence-electron chi connectivity index (χ3n) is 4.29. The number of hydrogen-bond donors (Lipinski definition) is 0. The van der Waals surface area contributed by atoms with Gasteiger partial charge in [0.05, 0.1) is 5.69 Å². The van der Waals surface area contributed by atoms with Crippen LogP contribution in [0.1, 0.15) is 26.3 Å². The second-order valence-electron chi connectivity index (χ2n) is 7.70. The summed E-state index contributed by atoms with van der Waals surface area (Å²) in [4.78, 5) is 24.8. The van der Waals surface area contributed by atoms with E-state index in [1.807, 2.05) is 58.0 Å². The first-order valence-electron chi connectivity index (χ1n) is 9.06. The van der Waals surface area contributed by atoms with Gasteiger partial charge in [-0.3, -0.25) is 0 Å². The number of piperazine rings is 1. The highest BCUT2D eigenvalue weighted by atomic mass is 35.5. The largest absolute Gasteiger partial charge is 0.444 e. The molecule has 2 aromatic rings. The van der Waals surface area contributed by atoms with Crippen LogP contribution in [0.3, 0.4) is 0 Å². The SMILES string of the molecule is Cc1ccc(-c2cc(N3CCN(C(=O)OC(C)(C)C)CC3)nc(Cl)n2)cc1. The van der Waals surface area contributed by atoms with Crippen LogP contribution in [-0.4, -0.2) is 52.7 Å². The summed E-state index contributed by atoms with van der Waals surface area (Å²) in [6.45, 7) is 10.2. The quantitative estimate of drug-likeness (QED) is 0.723. The molecule has 1 saturated heterocycles. The molecule has 1 aliphatic rings. The van der Waals surface area contributed by atoms with Crippen molar-refractivity contribution in [2.75, 3.05) is 31.1 Å². The van der Waals surface area contributed by atoms with E-state index in [0.29, 0.717) is 26.2 Å². The van der Waals surface area contributed by atoms with E-state index < -0.39 is 5.60 Å². The standard InChI is InChI=1S/C20H25ClN4O2/c1-14-5-7-15(8-6-14)16-13-17(23-18(21)22-16)24-9-11-25(12-10-24)19(26)27-20(2,3)4/h5-8,13H,9-12H2,1-4H3. The van der Waals surface area contributed by atoms with Crippen molar-refractivity contribution in [2.45, 2.75) is 33.3 Å². The lowest BCUT2D eigenvalue weighted by molar-refractivity contribution is 0.0240. The van der Waals surface area contributed by atoms with Gasteiger partial charge >= 0.3 is 6.09 Å².